The van der Waals surface area contributed by atoms with Crippen LogP contribution in [0, 0.1) is 0 Å². The first-order chi connectivity index (χ1) is 15.3. The maximum absolute atomic E-state index is 12.8. The largest absolute Gasteiger partial charge is 0.573 e. The SMILES string of the molecule is FC(F)(F)Oc1c(Cl)cc(CN2CCC3(CC2)CC(c2ccccc2)=NO3)cc1C1CC1. The second-order valence-corrected chi connectivity index (χ2v) is 9.36. The molecule has 2 aromatic rings. The zero-order valence-electron chi connectivity index (χ0n) is 17.5. The van der Waals surface area contributed by atoms with Gasteiger partial charge in [-0.15, -0.1) is 13.2 Å². The van der Waals surface area contributed by atoms with Crippen molar-refractivity contribution in [2.24, 2.45) is 5.16 Å². The van der Waals surface area contributed by atoms with Crippen molar-refractivity contribution in [3.63, 3.8) is 0 Å². The molecule has 0 atom stereocenters. The van der Waals surface area contributed by atoms with Gasteiger partial charge < -0.3 is 9.57 Å². The van der Waals surface area contributed by atoms with Gasteiger partial charge in [-0.25, -0.2) is 0 Å². The summed E-state index contributed by atoms with van der Waals surface area (Å²) in [5.74, 6) is -0.150. The van der Waals surface area contributed by atoms with Crippen LogP contribution in [0.3, 0.4) is 0 Å². The molecule has 2 aromatic carbocycles. The van der Waals surface area contributed by atoms with E-state index in [4.69, 9.17) is 16.4 Å². The lowest BCUT2D eigenvalue weighted by Gasteiger charge is -2.37. The normalized spacial score (nSPS) is 20.8. The number of benzene rings is 2. The van der Waals surface area contributed by atoms with Gasteiger partial charge in [-0.2, -0.15) is 0 Å². The fourth-order valence-corrected chi connectivity index (χ4v) is 4.93. The van der Waals surface area contributed by atoms with Gasteiger partial charge >= 0.3 is 6.36 Å². The number of alkyl halides is 3. The van der Waals surface area contributed by atoms with Crippen LogP contribution >= 0.6 is 11.6 Å². The summed E-state index contributed by atoms with van der Waals surface area (Å²) in [4.78, 5) is 8.20. The van der Waals surface area contributed by atoms with Gasteiger partial charge in [0.05, 0.1) is 10.7 Å². The lowest BCUT2D eigenvalue weighted by atomic mass is 9.85. The fraction of sp³-hybridized carbons (Fsp3) is 0.458. The van der Waals surface area contributed by atoms with E-state index in [0.717, 1.165) is 62.0 Å². The van der Waals surface area contributed by atoms with Crippen molar-refractivity contribution in [2.45, 2.75) is 56.5 Å². The van der Waals surface area contributed by atoms with Gasteiger partial charge in [0.15, 0.2) is 5.75 Å². The van der Waals surface area contributed by atoms with Gasteiger partial charge in [-0.1, -0.05) is 53.2 Å². The first-order valence-corrected chi connectivity index (χ1v) is 11.3. The Bertz CT molecular complexity index is 1010. The van der Waals surface area contributed by atoms with Crippen molar-refractivity contribution in [1.29, 1.82) is 0 Å². The predicted octanol–water partition coefficient (Wildman–Crippen LogP) is 6.28. The van der Waals surface area contributed by atoms with Gasteiger partial charge in [0, 0.05) is 38.9 Å². The third-order valence-electron chi connectivity index (χ3n) is 6.49. The van der Waals surface area contributed by atoms with Crippen LogP contribution in [-0.2, 0) is 11.4 Å². The fourth-order valence-electron chi connectivity index (χ4n) is 4.64. The highest BCUT2D eigenvalue weighted by atomic mass is 35.5. The van der Waals surface area contributed by atoms with Crippen LogP contribution in [0.25, 0.3) is 0 Å². The number of hydrogen-bond donors (Lipinski definition) is 0. The molecule has 0 radical (unpaired) electrons. The molecular weight excluding hydrogens is 441 g/mol. The average molecular weight is 465 g/mol. The van der Waals surface area contributed by atoms with E-state index in [1.807, 2.05) is 36.4 Å². The van der Waals surface area contributed by atoms with Crippen LogP contribution in [0.1, 0.15) is 54.7 Å². The van der Waals surface area contributed by atoms with Gasteiger partial charge in [0.2, 0.25) is 0 Å². The Hall–Kier alpha value is -2.25. The van der Waals surface area contributed by atoms with E-state index >= 15 is 0 Å². The van der Waals surface area contributed by atoms with E-state index in [0.29, 0.717) is 12.1 Å². The summed E-state index contributed by atoms with van der Waals surface area (Å²) >= 11 is 6.22. The molecule has 2 aliphatic heterocycles. The van der Waals surface area contributed by atoms with Crippen molar-refractivity contribution in [1.82, 2.24) is 4.90 Å². The van der Waals surface area contributed by atoms with Crippen molar-refractivity contribution >= 4 is 17.3 Å². The summed E-state index contributed by atoms with van der Waals surface area (Å²) in [6.07, 6.45) is -0.525. The second kappa shape index (κ2) is 8.27. The molecule has 1 saturated carbocycles. The quantitative estimate of drug-likeness (QED) is 0.522. The predicted molar refractivity (Wildman–Crippen MR) is 116 cm³/mol. The molecule has 0 unspecified atom stereocenters. The van der Waals surface area contributed by atoms with Crippen LogP contribution in [0.5, 0.6) is 5.75 Å². The second-order valence-electron chi connectivity index (χ2n) is 8.95. The van der Waals surface area contributed by atoms with E-state index in [2.05, 4.69) is 14.8 Å². The number of hydrogen-bond acceptors (Lipinski definition) is 4. The summed E-state index contributed by atoms with van der Waals surface area (Å²) in [5, 5.41) is 4.38. The van der Waals surface area contributed by atoms with Crippen molar-refractivity contribution < 1.29 is 22.7 Å². The molecule has 5 rings (SSSR count). The number of ether oxygens (including phenoxy) is 1. The van der Waals surface area contributed by atoms with Crippen LogP contribution in [0.4, 0.5) is 13.2 Å². The maximum atomic E-state index is 12.8. The number of likely N-dealkylation sites (tertiary alicyclic amines) is 1. The molecule has 8 heteroatoms. The molecular formula is C24H24ClF3N2O2. The molecule has 1 spiro atoms. The van der Waals surface area contributed by atoms with Crippen molar-refractivity contribution in [3.05, 3.63) is 64.2 Å². The monoisotopic (exact) mass is 464 g/mol. The summed E-state index contributed by atoms with van der Waals surface area (Å²) in [6, 6.07) is 13.5. The first-order valence-electron chi connectivity index (χ1n) is 10.9. The molecule has 0 amide bonds. The maximum Gasteiger partial charge on any atom is 0.573 e. The third kappa shape index (κ3) is 4.74. The minimum absolute atomic E-state index is 0.0234. The number of nitrogens with zero attached hydrogens (tertiary/aromatic N) is 2. The lowest BCUT2D eigenvalue weighted by molar-refractivity contribution is -0.274. The minimum Gasteiger partial charge on any atom is -0.404 e. The highest BCUT2D eigenvalue weighted by Crippen LogP contribution is 2.48. The number of halogens is 4. The topological polar surface area (TPSA) is 34.1 Å². The molecule has 2 fully saturated rings. The Kier molecular flexibility index (Phi) is 5.58. The highest BCUT2D eigenvalue weighted by Gasteiger charge is 2.42. The standard InChI is InChI=1S/C24H24ClF3N2O2/c25-20-13-16(12-19(17-6-7-17)22(20)31-24(26,27)28)15-30-10-8-23(9-11-30)14-21(29-32-23)18-4-2-1-3-5-18/h1-5,12-13,17H,6-11,14-15H2. The summed E-state index contributed by atoms with van der Waals surface area (Å²) in [7, 11) is 0. The molecule has 0 aromatic heterocycles. The van der Waals surface area contributed by atoms with Crippen molar-refractivity contribution in [3.8, 4) is 5.75 Å². The van der Waals surface area contributed by atoms with E-state index in [1.165, 1.54) is 0 Å². The van der Waals surface area contributed by atoms with Crippen LogP contribution in [0.15, 0.2) is 47.6 Å². The Morgan fingerprint density at radius 2 is 1.84 bits per heavy atom. The molecule has 170 valence electrons. The molecule has 2 heterocycles. The average Bonchev–Trinajstić information content (AvgIpc) is 3.52. The summed E-state index contributed by atoms with van der Waals surface area (Å²) in [5.41, 5.74) is 3.30. The first kappa shape index (κ1) is 21.6. The smallest absolute Gasteiger partial charge is 0.404 e. The van der Waals surface area contributed by atoms with Crippen molar-refractivity contribution in [2.75, 3.05) is 13.1 Å². The Morgan fingerprint density at radius 1 is 1.12 bits per heavy atom. The van der Waals surface area contributed by atoms with Gasteiger partial charge in [-0.3, -0.25) is 4.90 Å². The van der Waals surface area contributed by atoms with Gasteiger partial charge in [0.1, 0.15) is 5.60 Å². The molecule has 1 saturated heterocycles. The summed E-state index contributed by atoms with van der Waals surface area (Å²) in [6.45, 7) is 2.29. The van der Waals surface area contributed by atoms with E-state index in [-0.39, 0.29) is 22.3 Å². The molecule has 3 aliphatic rings. The van der Waals surface area contributed by atoms with Gasteiger partial charge in [-0.05, 0) is 41.5 Å². The number of rotatable bonds is 5. The third-order valence-corrected chi connectivity index (χ3v) is 6.77. The van der Waals surface area contributed by atoms with Crippen LogP contribution < -0.4 is 4.74 Å². The molecule has 0 bridgehead atoms. The molecule has 32 heavy (non-hydrogen) atoms. The van der Waals surface area contributed by atoms with Gasteiger partial charge in [0.25, 0.3) is 0 Å². The highest BCUT2D eigenvalue weighted by molar-refractivity contribution is 6.32. The Labute approximate surface area is 189 Å². The number of oxime groups is 1. The molecule has 4 nitrogen and oxygen atoms in total. The lowest BCUT2D eigenvalue weighted by Crippen LogP contribution is -2.44. The zero-order valence-corrected chi connectivity index (χ0v) is 18.3. The minimum atomic E-state index is -4.75. The van der Waals surface area contributed by atoms with E-state index in [9.17, 15) is 13.2 Å². The Balaban J connectivity index is 1.23. The van der Waals surface area contributed by atoms with E-state index in [1.54, 1.807) is 6.07 Å². The number of piperidine rings is 1. The zero-order chi connectivity index (χ0) is 22.3. The molecule has 0 N–H and O–H groups in total. The Morgan fingerprint density at radius 3 is 2.50 bits per heavy atom. The summed E-state index contributed by atoms with van der Waals surface area (Å²) < 4.78 is 42.7. The van der Waals surface area contributed by atoms with Crippen LogP contribution in [-0.4, -0.2) is 35.7 Å². The van der Waals surface area contributed by atoms with Crippen LogP contribution in [0.2, 0.25) is 5.02 Å². The molecule has 1 aliphatic carbocycles. The van der Waals surface area contributed by atoms with E-state index < -0.39 is 6.36 Å².